The van der Waals surface area contributed by atoms with Crippen LogP contribution in [-0.2, 0) is 5.41 Å². The van der Waals surface area contributed by atoms with E-state index in [1.807, 2.05) is 6.07 Å². The second kappa shape index (κ2) is 6.41. The molecule has 1 amide bonds. The first-order valence-corrected chi connectivity index (χ1v) is 7.07. The maximum Gasteiger partial charge on any atom is 0.255 e. The van der Waals surface area contributed by atoms with Crippen molar-refractivity contribution in [1.29, 1.82) is 5.26 Å². The number of amides is 1. The molecule has 0 radical (unpaired) electrons. The molecule has 0 fully saturated rings. The van der Waals surface area contributed by atoms with E-state index < -0.39 is 5.41 Å². The first kappa shape index (κ1) is 16.4. The summed E-state index contributed by atoms with van der Waals surface area (Å²) in [5.41, 5.74) is 0.999. The predicted molar refractivity (Wildman–Crippen MR) is 87.7 cm³/mol. The van der Waals surface area contributed by atoms with E-state index in [1.54, 1.807) is 44.2 Å². The molecule has 5 nitrogen and oxygen atoms in total. The number of hydrogen-bond acceptors (Lipinski definition) is 4. The summed E-state index contributed by atoms with van der Waals surface area (Å²) in [5, 5.41) is 21.7. The standard InChI is InChI=1S/C18H18N2O3/c1-18(2,11-19)13-6-4-5-12(9-13)17(22)20-14-7-8-16(23-3)15(21)10-14/h4-10,21H,1-3H3,(H,20,22). The fourth-order valence-corrected chi connectivity index (χ4v) is 2.08. The van der Waals surface area contributed by atoms with Gasteiger partial charge < -0.3 is 15.2 Å². The molecule has 0 aromatic heterocycles. The third-order valence-electron chi connectivity index (χ3n) is 3.56. The van der Waals surface area contributed by atoms with Crippen LogP contribution in [-0.4, -0.2) is 18.1 Å². The quantitative estimate of drug-likeness (QED) is 0.906. The molecule has 0 bridgehead atoms. The second-order valence-electron chi connectivity index (χ2n) is 5.66. The van der Waals surface area contributed by atoms with E-state index in [4.69, 9.17) is 4.74 Å². The molecule has 2 aromatic carbocycles. The van der Waals surface area contributed by atoms with Crippen LogP contribution in [0.2, 0.25) is 0 Å². The summed E-state index contributed by atoms with van der Waals surface area (Å²) >= 11 is 0. The zero-order chi connectivity index (χ0) is 17.0. The molecule has 118 valence electrons. The minimum Gasteiger partial charge on any atom is -0.504 e. The Morgan fingerprint density at radius 1 is 1.26 bits per heavy atom. The average Bonchev–Trinajstić information content (AvgIpc) is 2.55. The van der Waals surface area contributed by atoms with Gasteiger partial charge in [0.1, 0.15) is 0 Å². The van der Waals surface area contributed by atoms with Gasteiger partial charge in [-0.25, -0.2) is 0 Å². The number of nitrogens with zero attached hydrogens (tertiary/aromatic N) is 1. The van der Waals surface area contributed by atoms with Gasteiger partial charge in [0.05, 0.1) is 18.6 Å². The van der Waals surface area contributed by atoms with Gasteiger partial charge in [0, 0.05) is 17.3 Å². The lowest BCUT2D eigenvalue weighted by molar-refractivity contribution is 0.102. The number of ether oxygens (including phenoxy) is 1. The molecule has 5 heteroatoms. The molecular formula is C18H18N2O3. The van der Waals surface area contributed by atoms with E-state index in [0.29, 0.717) is 17.0 Å². The van der Waals surface area contributed by atoms with E-state index in [9.17, 15) is 15.2 Å². The fourth-order valence-electron chi connectivity index (χ4n) is 2.08. The highest BCUT2D eigenvalue weighted by atomic mass is 16.5. The molecule has 0 heterocycles. The molecule has 0 aliphatic carbocycles. The Kier molecular flexibility index (Phi) is 4.56. The van der Waals surface area contributed by atoms with Crippen molar-refractivity contribution in [3.8, 4) is 17.6 Å². The molecular weight excluding hydrogens is 292 g/mol. The van der Waals surface area contributed by atoms with Crippen LogP contribution < -0.4 is 10.1 Å². The fraction of sp³-hybridized carbons (Fsp3) is 0.222. The van der Waals surface area contributed by atoms with Crippen LogP contribution >= 0.6 is 0 Å². The highest BCUT2D eigenvalue weighted by Crippen LogP contribution is 2.29. The molecule has 2 N–H and O–H groups in total. The van der Waals surface area contributed by atoms with Crippen LogP contribution in [0.4, 0.5) is 5.69 Å². The van der Waals surface area contributed by atoms with E-state index in [0.717, 1.165) is 5.56 Å². The molecule has 0 unspecified atom stereocenters. The van der Waals surface area contributed by atoms with Crippen LogP contribution in [0.3, 0.4) is 0 Å². The first-order valence-electron chi connectivity index (χ1n) is 7.07. The highest BCUT2D eigenvalue weighted by molar-refractivity contribution is 6.04. The number of anilines is 1. The molecule has 0 spiro atoms. The smallest absolute Gasteiger partial charge is 0.255 e. The normalized spacial score (nSPS) is 10.7. The number of hydrogen-bond donors (Lipinski definition) is 2. The maximum atomic E-state index is 12.3. The van der Waals surface area contributed by atoms with Gasteiger partial charge in [-0.15, -0.1) is 0 Å². The highest BCUT2D eigenvalue weighted by Gasteiger charge is 2.20. The van der Waals surface area contributed by atoms with E-state index in [1.165, 1.54) is 13.2 Å². The molecule has 0 aliphatic rings. The van der Waals surface area contributed by atoms with Crippen molar-refractivity contribution in [3.05, 3.63) is 53.6 Å². The van der Waals surface area contributed by atoms with Crippen molar-refractivity contribution >= 4 is 11.6 Å². The lowest BCUT2D eigenvalue weighted by Crippen LogP contribution is -2.17. The van der Waals surface area contributed by atoms with E-state index in [-0.39, 0.29) is 11.7 Å². The van der Waals surface area contributed by atoms with Gasteiger partial charge in [0.15, 0.2) is 11.5 Å². The number of carbonyl (C=O) groups is 1. The lowest BCUT2D eigenvalue weighted by Gasteiger charge is -2.16. The van der Waals surface area contributed by atoms with Crippen molar-refractivity contribution in [1.82, 2.24) is 0 Å². The number of phenols is 1. The van der Waals surface area contributed by atoms with Gasteiger partial charge in [-0.05, 0) is 43.7 Å². The molecule has 23 heavy (non-hydrogen) atoms. The van der Waals surface area contributed by atoms with Gasteiger partial charge in [-0.2, -0.15) is 5.26 Å². The van der Waals surface area contributed by atoms with Gasteiger partial charge >= 0.3 is 0 Å². The Morgan fingerprint density at radius 2 is 2.00 bits per heavy atom. The Hall–Kier alpha value is -3.00. The van der Waals surface area contributed by atoms with Gasteiger partial charge in [-0.1, -0.05) is 12.1 Å². The van der Waals surface area contributed by atoms with Crippen LogP contribution in [0.1, 0.15) is 29.8 Å². The minimum atomic E-state index is -0.672. The summed E-state index contributed by atoms with van der Waals surface area (Å²) in [4.78, 5) is 12.3. The van der Waals surface area contributed by atoms with Crippen molar-refractivity contribution < 1.29 is 14.6 Å². The van der Waals surface area contributed by atoms with Crippen molar-refractivity contribution in [2.75, 3.05) is 12.4 Å². The minimum absolute atomic E-state index is 0.0512. The summed E-state index contributed by atoms with van der Waals surface area (Å²) < 4.78 is 4.96. The van der Waals surface area contributed by atoms with Crippen molar-refractivity contribution in [2.45, 2.75) is 19.3 Å². The maximum absolute atomic E-state index is 12.3. The first-order chi connectivity index (χ1) is 10.9. The topological polar surface area (TPSA) is 82.3 Å². The van der Waals surface area contributed by atoms with Crippen molar-refractivity contribution in [3.63, 3.8) is 0 Å². The molecule has 0 saturated heterocycles. The Balaban J connectivity index is 2.23. The summed E-state index contributed by atoms with van der Waals surface area (Å²) in [5.74, 6) is -0.0319. The number of aromatic hydroxyl groups is 1. The lowest BCUT2D eigenvalue weighted by atomic mass is 9.85. The number of nitriles is 1. The Morgan fingerprint density at radius 3 is 2.61 bits per heavy atom. The molecule has 0 atom stereocenters. The monoisotopic (exact) mass is 310 g/mol. The third-order valence-corrected chi connectivity index (χ3v) is 3.56. The number of rotatable bonds is 4. The second-order valence-corrected chi connectivity index (χ2v) is 5.66. The van der Waals surface area contributed by atoms with Crippen LogP contribution in [0, 0.1) is 11.3 Å². The number of phenolic OH excluding ortho intramolecular Hbond substituents is 1. The number of carbonyl (C=O) groups excluding carboxylic acids is 1. The van der Waals surface area contributed by atoms with Gasteiger partial charge in [0.2, 0.25) is 0 Å². The van der Waals surface area contributed by atoms with Gasteiger partial charge in [-0.3, -0.25) is 4.79 Å². The Bertz CT molecular complexity index is 776. The zero-order valence-corrected chi connectivity index (χ0v) is 13.3. The Labute approximate surface area is 135 Å². The summed E-state index contributed by atoms with van der Waals surface area (Å²) in [7, 11) is 1.45. The van der Waals surface area contributed by atoms with Crippen molar-refractivity contribution in [2.24, 2.45) is 0 Å². The van der Waals surface area contributed by atoms with Crippen LogP contribution in [0.15, 0.2) is 42.5 Å². The van der Waals surface area contributed by atoms with E-state index in [2.05, 4.69) is 11.4 Å². The number of benzene rings is 2. The molecule has 0 saturated carbocycles. The molecule has 2 rings (SSSR count). The number of nitrogens with one attached hydrogen (secondary N) is 1. The average molecular weight is 310 g/mol. The number of methoxy groups -OCH3 is 1. The summed E-state index contributed by atoms with van der Waals surface area (Å²) in [6.07, 6.45) is 0. The SMILES string of the molecule is COc1ccc(NC(=O)c2cccc(C(C)(C)C#N)c2)cc1O. The van der Waals surface area contributed by atoms with Crippen LogP contribution in [0.25, 0.3) is 0 Å². The molecule has 0 aliphatic heterocycles. The predicted octanol–water partition coefficient (Wildman–Crippen LogP) is 3.45. The van der Waals surface area contributed by atoms with Crippen LogP contribution in [0.5, 0.6) is 11.5 Å². The largest absolute Gasteiger partial charge is 0.504 e. The van der Waals surface area contributed by atoms with Gasteiger partial charge in [0.25, 0.3) is 5.91 Å². The third kappa shape index (κ3) is 3.61. The summed E-state index contributed by atoms with van der Waals surface area (Å²) in [6.45, 7) is 3.59. The zero-order valence-electron chi connectivity index (χ0n) is 13.3. The molecule has 2 aromatic rings. The van der Waals surface area contributed by atoms with E-state index >= 15 is 0 Å². The summed E-state index contributed by atoms with van der Waals surface area (Å²) in [6, 6.07) is 13.8.